The lowest BCUT2D eigenvalue weighted by Gasteiger charge is -2.13. The molecule has 1 aliphatic carbocycles. The molecule has 0 spiro atoms. The summed E-state index contributed by atoms with van der Waals surface area (Å²) in [6.07, 6.45) is 4.89. The maximum Gasteiger partial charge on any atom is 0.244 e. The smallest absolute Gasteiger partial charge is 0.244 e. The molecule has 2 aliphatic rings. The number of nitrogens with zero attached hydrogens (tertiary/aromatic N) is 2. The molecular formula is C12H19N3O3S. The Hall–Kier alpha value is -0.950. The van der Waals surface area contributed by atoms with Gasteiger partial charge >= 0.3 is 0 Å². The highest BCUT2D eigenvalue weighted by Gasteiger charge is 2.42. The van der Waals surface area contributed by atoms with Crippen LogP contribution in [0.25, 0.3) is 0 Å². The Bertz CT molecular complexity index is 569. The van der Waals surface area contributed by atoms with Crippen molar-refractivity contribution < 1.29 is 12.9 Å². The molecule has 106 valence electrons. The monoisotopic (exact) mass is 285 g/mol. The van der Waals surface area contributed by atoms with Gasteiger partial charge in [-0.15, -0.1) is 0 Å². The van der Waals surface area contributed by atoms with E-state index in [1.54, 1.807) is 6.92 Å². The van der Waals surface area contributed by atoms with Gasteiger partial charge in [-0.1, -0.05) is 11.6 Å². The van der Waals surface area contributed by atoms with E-state index in [2.05, 4.69) is 15.5 Å². The molecule has 4 unspecified atom stereocenters. The van der Waals surface area contributed by atoms with Gasteiger partial charge in [0, 0.05) is 6.26 Å². The zero-order valence-corrected chi connectivity index (χ0v) is 12.0. The highest BCUT2D eigenvalue weighted by molar-refractivity contribution is 7.90. The van der Waals surface area contributed by atoms with Gasteiger partial charge in [-0.25, -0.2) is 8.42 Å². The predicted molar refractivity (Wildman–Crippen MR) is 69.1 cm³/mol. The molecule has 2 fully saturated rings. The Kier molecular flexibility index (Phi) is 3.13. The second-order valence-corrected chi connectivity index (χ2v) is 8.07. The summed E-state index contributed by atoms with van der Waals surface area (Å²) >= 11 is 0. The normalized spacial score (nSPS) is 32.4. The van der Waals surface area contributed by atoms with E-state index in [1.807, 2.05) is 0 Å². The van der Waals surface area contributed by atoms with Crippen molar-refractivity contribution in [3.8, 4) is 0 Å². The van der Waals surface area contributed by atoms with E-state index < -0.39 is 15.1 Å². The van der Waals surface area contributed by atoms with Crippen molar-refractivity contribution in [3.05, 3.63) is 11.7 Å². The molecule has 0 radical (unpaired) electrons. The van der Waals surface area contributed by atoms with E-state index in [0.717, 1.165) is 6.54 Å². The number of hydrogen-bond acceptors (Lipinski definition) is 6. The highest BCUT2D eigenvalue weighted by atomic mass is 32.2. The second kappa shape index (κ2) is 4.56. The summed E-state index contributed by atoms with van der Waals surface area (Å²) in [4.78, 5) is 4.30. The van der Waals surface area contributed by atoms with Crippen molar-refractivity contribution in [1.82, 2.24) is 15.5 Å². The second-order valence-electron chi connectivity index (χ2n) is 5.70. The van der Waals surface area contributed by atoms with Crippen LogP contribution < -0.4 is 5.32 Å². The molecule has 0 amide bonds. The van der Waals surface area contributed by atoms with Crippen LogP contribution in [0.5, 0.6) is 0 Å². The topological polar surface area (TPSA) is 85.1 Å². The summed E-state index contributed by atoms with van der Waals surface area (Å²) in [5, 5.41) is 6.54. The quantitative estimate of drug-likeness (QED) is 0.899. The van der Waals surface area contributed by atoms with Crippen LogP contribution in [0.2, 0.25) is 0 Å². The number of fused-ring (bicyclic) bond motifs is 1. The first-order chi connectivity index (χ1) is 8.97. The molecule has 19 heavy (non-hydrogen) atoms. The van der Waals surface area contributed by atoms with Crippen LogP contribution in [0.4, 0.5) is 0 Å². The van der Waals surface area contributed by atoms with Crippen molar-refractivity contribution in [2.45, 2.75) is 37.5 Å². The maximum atomic E-state index is 11.5. The molecule has 1 saturated carbocycles. The van der Waals surface area contributed by atoms with E-state index in [1.165, 1.54) is 25.5 Å². The molecule has 0 aromatic carbocycles. The van der Waals surface area contributed by atoms with Crippen LogP contribution in [-0.4, -0.2) is 31.4 Å². The first-order valence-corrected chi connectivity index (χ1v) is 8.68. The van der Waals surface area contributed by atoms with Crippen molar-refractivity contribution in [1.29, 1.82) is 0 Å². The van der Waals surface area contributed by atoms with E-state index >= 15 is 0 Å². The molecule has 1 N–H and O–H groups in total. The first kappa shape index (κ1) is 13.1. The molecule has 1 aromatic heterocycles. The SMILES string of the molecule is CC(c1noc(C2NCC3CCCC32)n1)S(C)(=O)=O. The Morgan fingerprint density at radius 3 is 2.95 bits per heavy atom. The zero-order chi connectivity index (χ0) is 13.6. The Balaban J connectivity index is 1.82. The van der Waals surface area contributed by atoms with Crippen LogP contribution >= 0.6 is 0 Å². The molecule has 2 heterocycles. The maximum absolute atomic E-state index is 11.5. The third kappa shape index (κ3) is 2.29. The average Bonchev–Trinajstić information content (AvgIpc) is 3.01. The van der Waals surface area contributed by atoms with Crippen molar-refractivity contribution in [2.75, 3.05) is 12.8 Å². The molecule has 4 atom stereocenters. The van der Waals surface area contributed by atoms with E-state index in [-0.39, 0.29) is 11.9 Å². The summed E-state index contributed by atoms with van der Waals surface area (Å²) in [6, 6.07) is 0.0977. The van der Waals surface area contributed by atoms with Crippen molar-refractivity contribution in [2.24, 2.45) is 11.8 Å². The van der Waals surface area contributed by atoms with Gasteiger partial charge in [-0.3, -0.25) is 0 Å². The van der Waals surface area contributed by atoms with Crippen LogP contribution in [0.3, 0.4) is 0 Å². The number of nitrogens with one attached hydrogen (secondary N) is 1. The number of sulfone groups is 1. The lowest BCUT2D eigenvalue weighted by Crippen LogP contribution is -2.18. The number of rotatable bonds is 3. The first-order valence-electron chi connectivity index (χ1n) is 6.72. The molecule has 3 rings (SSSR count). The summed E-state index contributed by atoms with van der Waals surface area (Å²) < 4.78 is 28.3. The Morgan fingerprint density at radius 2 is 2.21 bits per heavy atom. The fraction of sp³-hybridized carbons (Fsp3) is 0.833. The number of aromatic nitrogens is 2. The molecule has 6 nitrogen and oxygen atoms in total. The molecule has 1 aliphatic heterocycles. The summed E-state index contributed by atoms with van der Waals surface area (Å²) in [6.45, 7) is 2.58. The highest BCUT2D eigenvalue weighted by Crippen LogP contribution is 2.43. The van der Waals surface area contributed by atoms with Gasteiger partial charge in [0.05, 0.1) is 6.04 Å². The van der Waals surface area contributed by atoms with Crippen LogP contribution in [0.15, 0.2) is 4.52 Å². The molecular weight excluding hydrogens is 266 g/mol. The molecule has 1 aromatic rings. The average molecular weight is 285 g/mol. The van der Waals surface area contributed by atoms with Gasteiger partial charge < -0.3 is 9.84 Å². The Morgan fingerprint density at radius 1 is 1.42 bits per heavy atom. The molecule has 0 bridgehead atoms. The van der Waals surface area contributed by atoms with Gasteiger partial charge in [0.2, 0.25) is 5.89 Å². The van der Waals surface area contributed by atoms with Gasteiger partial charge in [0.15, 0.2) is 15.7 Å². The van der Waals surface area contributed by atoms with Crippen LogP contribution in [0, 0.1) is 11.8 Å². The van der Waals surface area contributed by atoms with Gasteiger partial charge in [-0.05, 0) is 38.1 Å². The van der Waals surface area contributed by atoms with Crippen molar-refractivity contribution in [3.63, 3.8) is 0 Å². The third-order valence-corrected chi connectivity index (χ3v) is 5.97. The van der Waals surface area contributed by atoms with E-state index in [4.69, 9.17) is 4.52 Å². The van der Waals surface area contributed by atoms with E-state index in [0.29, 0.717) is 17.7 Å². The fourth-order valence-electron chi connectivity index (χ4n) is 3.19. The lowest BCUT2D eigenvalue weighted by atomic mass is 9.94. The van der Waals surface area contributed by atoms with Gasteiger partial charge in [-0.2, -0.15) is 4.98 Å². The predicted octanol–water partition coefficient (Wildman–Crippen LogP) is 1.24. The fourth-order valence-corrected chi connectivity index (χ4v) is 3.67. The minimum atomic E-state index is -3.19. The van der Waals surface area contributed by atoms with Crippen LogP contribution in [-0.2, 0) is 9.84 Å². The zero-order valence-electron chi connectivity index (χ0n) is 11.2. The van der Waals surface area contributed by atoms with Gasteiger partial charge in [0.25, 0.3) is 0 Å². The Labute approximate surface area is 112 Å². The molecule has 7 heteroatoms. The standard InChI is InChI=1S/C12H19N3O3S/c1-7(19(2,16)17)11-14-12(18-15-11)10-9-5-3-4-8(9)6-13-10/h7-10,13H,3-6H2,1-2H3. The largest absolute Gasteiger partial charge is 0.338 e. The third-order valence-electron chi connectivity index (χ3n) is 4.48. The summed E-state index contributed by atoms with van der Waals surface area (Å²) in [5.74, 6) is 2.06. The number of hydrogen-bond donors (Lipinski definition) is 1. The lowest BCUT2D eigenvalue weighted by molar-refractivity contribution is 0.300. The van der Waals surface area contributed by atoms with Crippen molar-refractivity contribution >= 4 is 9.84 Å². The summed E-state index contributed by atoms with van der Waals surface area (Å²) in [5.41, 5.74) is 0. The van der Waals surface area contributed by atoms with Gasteiger partial charge in [0.1, 0.15) is 5.25 Å². The molecule has 1 saturated heterocycles. The minimum absolute atomic E-state index is 0.0977. The summed E-state index contributed by atoms with van der Waals surface area (Å²) in [7, 11) is -3.19. The van der Waals surface area contributed by atoms with E-state index in [9.17, 15) is 8.42 Å². The van der Waals surface area contributed by atoms with Crippen LogP contribution in [0.1, 0.15) is 49.2 Å². The minimum Gasteiger partial charge on any atom is -0.338 e.